The second kappa shape index (κ2) is 5.40. The number of halogens is 2. The molecule has 0 aliphatic carbocycles. The highest BCUT2D eigenvalue weighted by Gasteiger charge is 2.11. The predicted molar refractivity (Wildman–Crippen MR) is 76.2 cm³/mol. The van der Waals surface area contributed by atoms with Gasteiger partial charge < -0.3 is 5.73 Å². The van der Waals surface area contributed by atoms with Gasteiger partial charge in [0.2, 0.25) is 0 Å². The third-order valence-electron chi connectivity index (χ3n) is 2.68. The molecule has 2 rings (SSSR count). The average molecular weight is 286 g/mol. The van der Waals surface area contributed by atoms with E-state index in [9.17, 15) is 0 Å². The van der Waals surface area contributed by atoms with Gasteiger partial charge in [0.15, 0.2) is 0 Å². The van der Waals surface area contributed by atoms with Gasteiger partial charge in [0.25, 0.3) is 0 Å². The Balaban J connectivity index is 2.16. The molecule has 0 amide bonds. The lowest BCUT2D eigenvalue weighted by Crippen LogP contribution is -2.12. The summed E-state index contributed by atoms with van der Waals surface area (Å²) in [5.74, 6) is 0. The Hall–Kier alpha value is -0.540. The second-order valence-corrected chi connectivity index (χ2v) is 5.79. The molecule has 0 saturated heterocycles. The van der Waals surface area contributed by atoms with Crippen molar-refractivity contribution in [3.8, 4) is 0 Å². The molecular weight excluding hydrogens is 273 g/mol. The van der Waals surface area contributed by atoms with Crippen LogP contribution in [-0.2, 0) is 6.42 Å². The minimum Gasteiger partial charge on any atom is -0.323 e. The molecule has 0 saturated carbocycles. The lowest BCUT2D eigenvalue weighted by atomic mass is 10.0. The monoisotopic (exact) mass is 285 g/mol. The van der Waals surface area contributed by atoms with Gasteiger partial charge in [-0.2, -0.15) is 0 Å². The molecule has 0 aliphatic heterocycles. The molecule has 2 aromatic rings. The number of aryl methyl sites for hydroxylation is 1. The van der Waals surface area contributed by atoms with Crippen LogP contribution in [0.25, 0.3) is 0 Å². The van der Waals surface area contributed by atoms with E-state index in [0.717, 1.165) is 12.0 Å². The van der Waals surface area contributed by atoms with Gasteiger partial charge >= 0.3 is 0 Å². The normalized spacial score (nSPS) is 12.7. The standard InChI is InChI=1S/C13H13Cl2NS/c1-8-4-5-17-13(8)12(16)7-9-2-3-10(14)11(15)6-9/h2-6,12H,7,16H2,1H3. The van der Waals surface area contributed by atoms with Gasteiger partial charge in [-0.1, -0.05) is 29.3 Å². The van der Waals surface area contributed by atoms with Crippen LogP contribution in [0.5, 0.6) is 0 Å². The van der Waals surface area contributed by atoms with Crippen molar-refractivity contribution in [2.45, 2.75) is 19.4 Å². The van der Waals surface area contributed by atoms with Crippen LogP contribution in [0.4, 0.5) is 0 Å². The van der Waals surface area contributed by atoms with Crippen molar-refractivity contribution in [3.63, 3.8) is 0 Å². The third kappa shape index (κ3) is 3.02. The molecule has 1 heterocycles. The van der Waals surface area contributed by atoms with Gasteiger partial charge in [-0.3, -0.25) is 0 Å². The predicted octanol–water partition coefficient (Wildman–Crippen LogP) is 4.61. The second-order valence-electron chi connectivity index (χ2n) is 4.03. The highest BCUT2D eigenvalue weighted by molar-refractivity contribution is 7.10. The van der Waals surface area contributed by atoms with Crippen LogP contribution in [0, 0.1) is 6.92 Å². The highest BCUT2D eigenvalue weighted by atomic mass is 35.5. The van der Waals surface area contributed by atoms with E-state index in [4.69, 9.17) is 28.9 Å². The summed E-state index contributed by atoms with van der Waals surface area (Å²) >= 11 is 13.6. The summed E-state index contributed by atoms with van der Waals surface area (Å²) in [7, 11) is 0. The molecule has 90 valence electrons. The first-order valence-electron chi connectivity index (χ1n) is 5.31. The lowest BCUT2D eigenvalue weighted by molar-refractivity contribution is 0.732. The zero-order valence-electron chi connectivity index (χ0n) is 9.41. The molecular formula is C13H13Cl2NS. The minimum atomic E-state index is 0.0206. The van der Waals surface area contributed by atoms with Crippen molar-refractivity contribution < 1.29 is 0 Å². The highest BCUT2D eigenvalue weighted by Crippen LogP contribution is 2.28. The van der Waals surface area contributed by atoms with E-state index in [0.29, 0.717) is 10.0 Å². The van der Waals surface area contributed by atoms with Crippen molar-refractivity contribution in [3.05, 3.63) is 55.7 Å². The molecule has 1 nitrogen and oxygen atoms in total. The number of hydrogen-bond acceptors (Lipinski definition) is 2. The summed E-state index contributed by atoms with van der Waals surface area (Å²) in [6.07, 6.45) is 0.776. The maximum absolute atomic E-state index is 6.19. The molecule has 0 radical (unpaired) electrons. The molecule has 0 aliphatic rings. The van der Waals surface area contributed by atoms with Crippen molar-refractivity contribution in [1.82, 2.24) is 0 Å². The van der Waals surface area contributed by atoms with Gasteiger partial charge in [0.05, 0.1) is 10.0 Å². The van der Waals surface area contributed by atoms with E-state index in [2.05, 4.69) is 18.4 Å². The SMILES string of the molecule is Cc1ccsc1C(N)Cc1ccc(Cl)c(Cl)c1. The summed E-state index contributed by atoms with van der Waals surface area (Å²) < 4.78 is 0. The van der Waals surface area contributed by atoms with Crippen molar-refractivity contribution >= 4 is 34.5 Å². The maximum Gasteiger partial charge on any atom is 0.0595 e. The lowest BCUT2D eigenvalue weighted by Gasteiger charge is -2.11. The molecule has 2 N–H and O–H groups in total. The molecule has 17 heavy (non-hydrogen) atoms. The Labute approximate surface area is 115 Å². The number of thiophene rings is 1. The Kier molecular flexibility index (Phi) is 4.10. The topological polar surface area (TPSA) is 26.0 Å². The van der Waals surface area contributed by atoms with Gasteiger partial charge in [-0.15, -0.1) is 11.3 Å². The van der Waals surface area contributed by atoms with E-state index >= 15 is 0 Å². The van der Waals surface area contributed by atoms with Crippen LogP contribution in [0.15, 0.2) is 29.6 Å². The quantitative estimate of drug-likeness (QED) is 0.876. The van der Waals surface area contributed by atoms with Crippen LogP contribution in [0.2, 0.25) is 10.0 Å². The van der Waals surface area contributed by atoms with Crippen molar-refractivity contribution in [2.75, 3.05) is 0 Å². The van der Waals surface area contributed by atoms with Crippen LogP contribution < -0.4 is 5.73 Å². The van der Waals surface area contributed by atoms with E-state index < -0.39 is 0 Å². The van der Waals surface area contributed by atoms with Gasteiger partial charge in [-0.25, -0.2) is 0 Å². The smallest absolute Gasteiger partial charge is 0.0595 e. The van der Waals surface area contributed by atoms with Crippen LogP contribution in [-0.4, -0.2) is 0 Å². The van der Waals surface area contributed by atoms with Crippen molar-refractivity contribution in [1.29, 1.82) is 0 Å². The molecule has 1 aromatic heterocycles. The number of nitrogens with two attached hydrogens (primary N) is 1. The average Bonchev–Trinajstić information content (AvgIpc) is 2.70. The largest absolute Gasteiger partial charge is 0.323 e. The van der Waals surface area contributed by atoms with E-state index in [1.807, 2.05) is 18.2 Å². The fourth-order valence-corrected chi connectivity index (χ4v) is 3.03. The first-order chi connectivity index (χ1) is 8.08. The Bertz CT molecular complexity index is 522. The molecule has 1 unspecified atom stereocenters. The molecule has 0 fully saturated rings. The Morgan fingerprint density at radius 1 is 1.24 bits per heavy atom. The molecule has 1 aromatic carbocycles. The number of benzene rings is 1. The Morgan fingerprint density at radius 2 is 2.00 bits per heavy atom. The zero-order chi connectivity index (χ0) is 12.4. The molecule has 0 bridgehead atoms. The summed E-state index contributed by atoms with van der Waals surface area (Å²) in [4.78, 5) is 1.23. The van der Waals surface area contributed by atoms with Gasteiger partial charge in [0.1, 0.15) is 0 Å². The van der Waals surface area contributed by atoms with E-state index in [1.54, 1.807) is 11.3 Å². The Morgan fingerprint density at radius 3 is 2.59 bits per heavy atom. The molecule has 4 heteroatoms. The van der Waals surface area contributed by atoms with Crippen molar-refractivity contribution in [2.24, 2.45) is 5.73 Å². The third-order valence-corrected chi connectivity index (χ3v) is 4.57. The maximum atomic E-state index is 6.19. The number of hydrogen-bond donors (Lipinski definition) is 1. The molecule has 0 spiro atoms. The fraction of sp³-hybridized carbons (Fsp3) is 0.231. The fourth-order valence-electron chi connectivity index (χ4n) is 1.78. The van der Waals surface area contributed by atoms with Crippen LogP contribution in [0.3, 0.4) is 0 Å². The summed E-state index contributed by atoms with van der Waals surface area (Å²) in [6.45, 7) is 2.08. The van der Waals surface area contributed by atoms with Gasteiger partial charge in [-0.05, 0) is 48.1 Å². The van der Waals surface area contributed by atoms with Crippen LogP contribution >= 0.6 is 34.5 Å². The summed E-state index contributed by atoms with van der Waals surface area (Å²) in [6, 6.07) is 7.78. The van der Waals surface area contributed by atoms with E-state index in [-0.39, 0.29) is 6.04 Å². The van der Waals surface area contributed by atoms with Crippen LogP contribution in [0.1, 0.15) is 22.0 Å². The number of rotatable bonds is 3. The molecule has 1 atom stereocenters. The van der Waals surface area contributed by atoms with Gasteiger partial charge in [0, 0.05) is 10.9 Å². The summed E-state index contributed by atoms with van der Waals surface area (Å²) in [5, 5.41) is 3.23. The first kappa shape index (κ1) is 12.9. The first-order valence-corrected chi connectivity index (χ1v) is 6.95. The van der Waals surface area contributed by atoms with E-state index in [1.165, 1.54) is 10.4 Å². The summed E-state index contributed by atoms with van der Waals surface area (Å²) in [5.41, 5.74) is 8.56. The minimum absolute atomic E-state index is 0.0206. The zero-order valence-corrected chi connectivity index (χ0v) is 11.7.